The van der Waals surface area contributed by atoms with Crippen molar-refractivity contribution in [2.24, 2.45) is 0 Å². The summed E-state index contributed by atoms with van der Waals surface area (Å²) in [6.07, 6.45) is -2.02. The van der Waals surface area contributed by atoms with Crippen LogP contribution in [0.4, 0.5) is 0 Å². The topological polar surface area (TPSA) is 86.5 Å². The lowest BCUT2D eigenvalue weighted by molar-refractivity contribution is -0.545. The van der Waals surface area contributed by atoms with E-state index in [1.807, 2.05) is 0 Å². The molecule has 1 atom stereocenters. The Bertz CT molecular complexity index is 375. The van der Waals surface area contributed by atoms with Crippen LogP contribution in [-0.2, 0) is 9.53 Å². The number of carbonyl (C=O) groups is 1. The number of ketones is 1. The van der Waals surface area contributed by atoms with Crippen molar-refractivity contribution in [3.8, 4) is 0 Å². The average Bonchev–Trinajstić information content (AvgIpc) is 2.26. The fourth-order valence-electron chi connectivity index (χ4n) is 0.983. The Morgan fingerprint density at radius 3 is 2.47 bits per heavy atom. The molecule has 0 heterocycles. The molecule has 1 aromatic carbocycles. The molecule has 0 aliphatic rings. The number of hydrogen-bond acceptors (Lipinski definition) is 5. The molecule has 0 bridgehead atoms. The van der Waals surface area contributed by atoms with Gasteiger partial charge in [-0.3, -0.25) is 14.9 Å². The molecule has 0 spiro atoms. The normalized spacial score (nSPS) is 11.5. The van der Waals surface area contributed by atoms with E-state index in [1.54, 1.807) is 18.2 Å². The molecule has 0 aliphatic carbocycles. The van der Waals surface area contributed by atoms with E-state index in [2.05, 4.69) is 4.74 Å². The summed E-state index contributed by atoms with van der Waals surface area (Å²) in [7, 11) is 0. The van der Waals surface area contributed by atoms with Gasteiger partial charge in [0.05, 0.1) is 4.92 Å². The second-order valence-corrected chi connectivity index (χ2v) is 2.57. The molecule has 6 nitrogen and oxygen atoms in total. The first-order chi connectivity index (χ1) is 7.16. The standard InChI is InChI=1S/C9H6NO5/c11-6-15-9(10(13)14)8(12)7-4-2-1-3-5-7/h1-5,9H. The largest absolute Gasteiger partial charge is 0.423 e. The fraction of sp³-hybridized carbons (Fsp3) is 0.111. The highest BCUT2D eigenvalue weighted by Crippen LogP contribution is 2.06. The van der Waals surface area contributed by atoms with E-state index in [0.29, 0.717) is 0 Å². The van der Waals surface area contributed by atoms with Gasteiger partial charge in [0, 0.05) is 5.56 Å². The lowest BCUT2D eigenvalue weighted by atomic mass is 10.1. The van der Waals surface area contributed by atoms with Crippen LogP contribution in [0.2, 0.25) is 0 Å². The van der Waals surface area contributed by atoms with Gasteiger partial charge in [0.15, 0.2) is 0 Å². The molecule has 0 N–H and O–H groups in total. The SMILES string of the molecule is O=[C]OC(C(=O)c1ccccc1)[N+](=O)[O-]. The molecule has 15 heavy (non-hydrogen) atoms. The zero-order valence-corrected chi connectivity index (χ0v) is 7.45. The van der Waals surface area contributed by atoms with Gasteiger partial charge in [-0.1, -0.05) is 30.3 Å². The molecule has 0 saturated carbocycles. The maximum atomic E-state index is 11.4. The second-order valence-electron chi connectivity index (χ2n) is 2.57. The summed E-state index contributed by atoms with van der Waals surface area (Å²) in [6.45, 7) is 0.887. The van der Waals surface area contributed by atoms with E-state index in [4.69, 9.17) is 0 Å². The molecular formula is C9H6NO5. The zero-order valence-electron chi connectivity index (χ0n) is 7.45. The maximum absolute atomic E-state index is 11.4. The summed E-state index contributed by atoms with van der Waals surface area (Å²) in [5.74, 6) is -0.885. The quantitative estimate of drug-likeness (QED) is 0.305. The van der Waals surface area contributed by atoms with Crippen molar-refractivity contribution in [2.75, 3.05) is 0 Å². The smallest absolute Gasteiger partial charge is 0.383 e. The van der Waals surface area contributed by atoms with Crippen molar-refractivity contribution in [3.63, 3.8) is 0 Å². The van der Waals surface area contributed by atoms with Crippen molar-refractivity contribution in [1.82, 2.24) is 0 Å². The Morgan fingerprint density at radius 2 is 2.00 bits per heavy atom. The molecule has 0 aliphatic heterocycles. The summed E-state index contributed by atoms with van der Waals surface area (Å²) < 4.78 is 3.97. The van der Waals surface area contributed by atoms with Crippen LogP contribution in [0.15, 0.2) is 30.3 Å². The number of Topliss-reactive ketones (excluding diaryl/α,β-unsaturated/α-hetero) is 1. The van der Waals surface area contributed by atoms with Gasteiger partial charge in [0.2, 0.25) is 0 Å². The monoisotopic (exact) mass is 208 g/mol. The lowest BCUT2D eigenvalue weighted by Gasteiger charge is -2.04. The van der Waals surface area contributed by atoms with Crippen LogP contribution >= 0.6 is 0 Å². The predicted molar refractivity (Wildman–Crippen MR) is 48.3 cm³/mol. The molecule has 1 aromatic rings. The molecule has 1 rings (SSSR count). The average molecular weight is 208 g/mol. The first kappa shape index (κ1) is 10.8. The molecule has 0 aromatic heterocycles. The van der Waals surface area contributed by atoms with Gasteiger partial charge >= 0.3 is 12.7 Å². The van der Waals surface area contributed by atoms with Crippen LogP contribution < -0.4 is 0 Å². The third kappa shape index (κ3) is 2.60. The van der Waals surface area contributed by atoms with Crippen molar-refractivity contribution < 1.29 is 19.2 Å². The van der Waals surface area contributed by atoms with Crippen molar-refractivity contribution >= 4 is 12.3 Å². The van der Waals surface area contributed by atoms with E-state index < -0.39 is 16.9 Å². The van der Waals surface area contributed by atoms with E-state index in [9.17, 15) is 19.7 Å². The minimum absolute atomic E-state index is 0.106. The van der Waals surface area contributed by atoms with Crippen molar-refractivity contribution in [2.45, 2.75) is 6.23 Å². The highest BCUT2D eigenvalue weighted by atomic mass is 16.7. The van der Waals surface area contributed by atoms with Crippen LogP contribution in [0.25, 0.3) is 0 Å². The van der Waals surface area contributed by atoms with Crippen LogP contribution in [-0.4, -0.2) is 23.4 Å². The first-order valence-corrected chi connectivity index (χ1v) is 3.92. The number of ether oxygens (including phenoxy) is 1. The fourth-order valence-corrected chi connectivity index (χ4v) is 0.983. The number of nitro groups is 1. The molecule has 1 radical (unpaired) electrons. The van der Waals surface area contributed by atoms with Crippen LogP contribution in [0.1, 0.15) is 10.4 Å². The van der Waals surface area contributed by atoms with Crippen molar-refractivity contribution in [3.05, 3.63) is 46.0 Å². The molecule has 6 heteroatoms. The molecule has 77 valence electrons. The first-order valence-electron chi connectivity index (χ1n) is 3.92. The van der Waals surface area contributed by atoms with E-state index in [-0.39, 0.29) is 5.56 Å². The Hall–Kier alpha value is -2.24. The van der Waals surface area contributed by atoms with E-state index in [0.717, 1.165) is 6.47 Å². The number of nitrogens with zero attached hydrogens (tertiary/aromatic N) is 1. The Balaban J connectivity index is 2.91. The summed E-state index contributed by atoms with van der Waals surface area (Å²) in [4.78, 5) is 30.7. The zero-order chi connectivity index (χ0) is 11.3. The number of carbonyl (C=O) groups excluding carboxylic acids is 2. The number of benzene rings is 1. The molecule has 1 unspecified atom stereocenters. The number of hydrogen-bond donors (Lipinski definition) is 0. The second kappa shape index (κ2) is 4.85. The molecule has 0 saturated heterocycles. The van der Waals surface area contributed by atoms with Crippen LogP contribution in [0.3, 0.4) is 0 Å². The van der Waals surface area contributed by atoms with Crippen LogP contribution in [0, 0.1) is 10.1 Å². The molecular weight excluding hydrogens is 202 g/mol. The predicted octanol–water partition coefficient (Wildman–Crippen LogP) is 0.556. The Kier molecular flexibility index (Phi) is 3.50. The summed E-state index contributed by atoms with van der Waals surface area (Å²) in [5, 5.41) is 10.4. The van der Waals surface area contributed by atoms with E-state index in [1.165, 1.54) is 12.1 Å². The van der Waals surface area contributed by atoms with Gasteiger partial charge in [0.25, 0.3) is 5.78 Å². The van der Waals surface area contributed by atoms with Gasteiger partial charge in [0.1, 0.15) is 0 Å². The highest BCUT2D eigenvalue weighted by molar-refractivity contribution is 5.98. The third-order valence-electron chi connectivity index (χ3n) is 1.63. The highest BCUT2D eigenvalue weighted by Gasteiger charge is 2.32. The minimum atomic E-state index is -2.02. The van der Waals surface area contributed by atoms with Gasteiger partial charge in [-0.2, -0.15) is 0 Å². The Labute approximate surface area is 84.6 Å². The number of rotatable bonds is 5. The third-order valence-corrected chi connectivity index (χ3v) is 1.63. The van der Waals surface area contributed by atoms with Gasteiger partial charge in [-0.15, -0.1) is 0 Å². The van der Waals surface area contributed by atoms with Crippen molar-refractivity contribution in [1.29, 1.82) is 0 Å². The summed E-state index contributed by atoms with van der Waals surface area (Å²) in [5.41, 5.74) is 0.106. The van der Waals surface area contributed by atoms with Gasteiger partial charge < -0.3 is 4.74 Å². The molecule has 0 fully saturated rings. The maximum Gasteiger partial charge on any atom is 0.423 e. The summed E-state index contributed by atoms with van der Waals surface area (Å²) in [6, 6.07) is 7.55. The van der Waals surface area contributed by atoms with Gasteiger partial charge in [-0.05, 0) is 0 Å². The lowest BCUT2D eigenvalue weighted by Crippen LogP contribution is -2.32. The van der Waals surface area contributed by atoms with Gasteiger partial charge in [-0.25, -0.2) is 4.79 Å². The minimum Gasteiger partial charge on any atom is -0.383 e. The Morgan fingerprint density at radius 1 is 1.40 bits per heavy atom. The summed E-state index contributed by atoms with van der Waals surface area (Å²) >= 11 is 0. The molecule has 0 amide bonds. The van der Waals surface area contributed by atoms with Crippen LogP contribution in [0.5, 0.6) is 0 Å². The van der Waals surface area contributed by atoms with E-state index >= 15 is 0 Å².